The molecule has 8 heteroatoms. The molecule has 2 aromatic rings. The van der Waals surface area contributed by atoms with Gasteiger partial charge in [-0.3, -0.25) is 19.7 Å². The molecular weight excluding hydrogens is 290 g/mol. The van der Waals surface area contributed by atoms with Gasteiger partial charge in [0.05, 0.1) is 12.0 Å². The molecule has 114 valence electrons. The molecule has 0 saturated carbocycles. The number of hydrogen-bond donors (Lipinski definition) is 2. The first-order valence-corrected chi connectivity index (χ1v) is 6.29. The molecule has 8 nitrogen and oxygen atoms in total. The molecule has 0 atom stereocenters. The van der Waals surface area contributed by atoms with Gasteiger partial charge < -0.3 is 15.0 Å². The van der Waals surface area contributed by atoms with Gasteiger partial charge in [0.2, 0.25) is 5.56 Å². The maximum atomic E-state index is 12.0. The zero-order chi connectivity index (χ0) is 16.1. The molecule has 1 aromatic heterocycles. The molecule has 0 aliphatic carbocycles. The average molecular weight is 303 g/mol. The summed E-state index contributed by atoms with van der Waals surface area (Å²) in [5.74, 6) is -0.401. The highest BCUT2D eigenvalue weighted by Crippen LogP contribution is 2.27. The van der Waals surface area contributed by atoms with Gasteiger partial charge in [0.1, 0.15) is 0 Å². The third-order valence-electron chi connectivity index (χ3n) is 2.93. The predicted molar refractivity (Wildman–Crippen MR) is 77.9 cm³/mol. The number of benzene rings is 1. The second kappa shape index (κ2) is 6.53. The van der Waals surface area contributed by atoms with E-state index in [4.69, 9.17) is 4.74 Å². The van der Waals surface area contributed by atoms with Crippen molar-refractivity contribution in [3.05, 3.63) is 68.1 Å². The first kappa shape index (κ1) is 15.2. The molecule has 0 radical (unpaired) electrons. The van der Waals surface area contributed by atoms with Gasteiger partial charge in [0.15, 0.2) is 5.75 Å². The van der Waals surface area contributed by atoms with E-state index in [2.05, 4.69) is 10.3 Å². The SMILES string of the molecule is COc1ccc(C(=O)NCc2cc[nH]c(=O)c2)cc1[N+](=O)[O-]. The summed E-state index contributed by atoms with van der Waals surface area (Å²) in [4.78, 5) is 35.9. The Labute approximate surface area is 124 Å². The van der Waals surface area contributed by atoms with Crippen LogP contribution in [-0.2, 0) is 6.54 Å². The van der Waals surface area contributed by atoms with Crippen LogP contribution in [0.4, 0.5) is 5.69 Å². The van der Waals surface area contributed by atoms with Crippen molar-refractivity contribution < 1.29 is 14.5 Å². The number of ether oxygens (including phenoxy) is 1. The van der Waals surface area contributed by atoms with Gasteiger partial charge in [0, 0.05) is 30.4 Å². The Morgan fingerprint density at radius 2 is 2.14 bits per heavy atom. The Bertz CT molecular complexity index is 769. The van der Waals surface area contributed by atoms with Crippen molar-refractivity contribution >= 4 is 11.6 Å². The minimum atomic E-state index is -0.619. The normalized spacial score (nSPS) is 10.0. The largest absolute Gasteiger partial charge is 0.490 e. The Morgan fingerprint density at radius 3 is 2.77 bits per heavy atom. The first-order chi connectivity index (χ1) is 10.5. The van der Waals surface area contributed by atoms with Gasteiger partial charge in [-0.15, -0.1) is 0 Å². The second-order valence-corrected chi connectivity index (χ2v) is 4.39. The van der Waals surface area contributed by atoms with Gasteiger partial charge in [-0.25, -0.2) is 0 Å². The molecule has 1 heterocycles. The van der Waals surface area contributed by atoms with Crippen LogP contribution in [0.3, 0.4) is 0 Å². The highest BCUT2D eigenvalue weighted by molar-refractivity contribution is 5.95. The van der Waals surface area contributed by atoms with Crippen LogP contribution in [0, 0.1) is 10.1 Å². The van der Waals surface area contributed by atoms with Gasteiger partial charge in [0.25, 0.3) is 5.91 Å². The smallest absolute Gasteiger partial charge is 0.311 e. The van der Waals surface area contributed by atoms with Crippen molar-refractivity contribution in [2.45, 2.75) is 6.54 Å². The van der Waals surface area contributed by atoms with E-state index in [0.717, 1.165) is 6.07 Å². The third-order valence-corrected chi connectivity index (χ3v) is 2.93. The lowest BCUT2D eigenvalue weighted by molar-refractivity contribution is -0.385. The number of nitrogens with zero attached hydrogens (tertiary/aromatic N) is 1. The number of pyridine rings is 1. The fourth-order valence-electron chi connectivity index (χ4n) is 1.86. The molecule has 0 saturated heterocycles. The number of amides is 1. The van der Waals surface area contributed by atoms with Crippen LogP contribution >= 0.6 is 0 Å². The van der Waals surface area contributed by atoms with Crippen LogP contribution in [0.25, 0.3) is 0 Å². The monoisotopic (exact) mass is 303 g/mol. The van der Waals surface area contributed by atoms with Crippen LogP contribution in [0.2, 0.25) is 0 Å². The lowest BCUT2D eigenvalue weighted by Gasteiger charge is -2.06. The summed E-state index contributed by atoms with van der Waals surface area (Å²) in [6.45, 7) is 0.141. The summed E-state index contributed by atoms with van der Waals surface area (Å²) >= 11 is 0. The number of nitro groups is 1. The van der Waals surface area contributed by atoms with E-state index in [0.29, 0.717) is 5.56 Å². The maximum Gasteiger partial charge on any atom is 0.311 e. The third kappa shape index (κ3) is 3.48. The summed E-state index contributed by atoms with van der Waals surface area (Å²) in [6, 6.07) is 6.94. The molecule has 0 bridgehead atoms. The van der Waals surface area contributed by atoms with E-state index in [1.54, 1.807) is 6.07 Å². The van der Waals surface area contributed by atoms with E-state index in [1.165, 1.54) is 31.5 Å². The van der Waals surface area contributed by atoms with Crippen LogP contribution in [0.15, 0.2) is 41.3 Å². The number of methoxy groups -OCH3 is 1. The second-order valence-electron chi connectivity index (χ2n) is 4.39. The molecule has 0 fully saturated rings. The molecule has 0 spiro atoms. The van der Waals surface area contributed by atoms with Crippen molar-refractivity contribution in [3.63, 3.8) is 0 Å². The molecule has 0 unspecified atom stereocenters. The summed E-state index contributed by atoms with van der Waals surface area (Å²) in [7, 11) is 1.31. The maximum absolute atomic E-state index is 12.0. The molecule has 0 aliphatic heterocycles. The van der Waals surface area contributed by atoms with Crippen molar-refractivity contribution in [2.75, 3.05) is 7.11 Å². The van der Waals surface area contributed by atoms with E-state index < -0.39 is 10.8 Å². The van der Waals surface area contributed by atoms with Gasteiger partial charge in [-0.1, -0.05) is 0 Å². The number of nitrogens with one attached hydrogen (secondary N) is 2. The van der Waals surface area contributed by atoms with E-state index >= 15 is 0 Å². The molecule has 22 heavy (non-hydrogen) atoms. The topological polar surface area (TPSA) is 114 Å². The molecule has 1 amide bonds. The number of rotatable bonds is 5. The molecule has 2 N–H and O–H groups in total. The highest BCUT2D eigenvalue weighted by atomic mass is 16.6. The van der Waals surface area contributed by atoms with E-state index in [1.807, 2.05) is 0 Å². The Morgan fingerprint density at radius 1 is 1.36 bits per heavy atom. The van der Waals surface area contributed by atoms with E-state index in [-0.39, 0.29) is 29.1 Å². The number of hydrogen-bond acceptors (Lipinski definition) is 5. The van der Waals surface area contributed by atoms with Crippen molar-refractivity contribution in [1.29, 1.82) is 0 Å². The van der Waals surface area contributed by atoms with Gasteiger partial charge in [-0.2, -0.15) is 0 Å². The number of aromatic amines is 1. The van der Waals surface area contributed by atoms with Gasteiger partial charge >= 0.3 is 5.69 Å². The summed E-state index contributed by atoms with van der Waals surface area (Å²) in [5.41, 5.74) is 0.204. The van der Waals surface area contributed by atoms with Crippen molar-refractivity contribution in [2.24, 2.45) is 0 Å². The quantitative estimate of drug-likeness (QED) is 0.636. The average Bonchev–Trinajstić information content (AvgIpc) is 2.52. The Kier molecular flexibility index (Phi) is 4.52. The van der Waals surface area contributed by atoms with Crippen molar-refractivity contribution in [3.8, 4) is 5.75 Å². The minimum Gasteiger partial charge on any atom is -0.490 e. The minimum absolute atomic E-state index is 0.0798. The number of carbonyl (C=O) groups excluding carboxylic acids is 1. The summed E-state index contributed by atoms with van der Waals surface area (Å²) < 4.78 is 4.87. The number of H-pyrrole nitrogens is 1. The van der Waals surface area contributed by atoms with Gasteiger partial charge in [-0.05, 0) is 23.8 Å². The Hall–Kier alpha value is -3.16. The Balaban J connectivity index is 2.14. The predicted octanol–water partition coefficient (Wildman–Crippen LogP) is 1.22. The highest BCUT2D eigenvalue weighted by Gasteiger charge is 2.18. The lowest BCUT2D eigenvalue weighted by Crippen LogP contribution is -2.23. The molecule has 2 rings (SSSR count). The van der Waals surface area contributed by atoms with E-state index in [9.17, 15) is 19.7 Å². The molecular formula is C14H13N3O5. The molecule has 1 aromatic carbocycles. The first-order valence-electron chi connectivity index (χ1n) is 6.29. The van der Waals surface area contributed by atoms with Crippen LogP contribution < -0.4 is 15.6 Å². The summed E-state index contributed by atoms with van der Waals surface area (Å²) in [6.07, 6.45) is 1.47. The fourth-order valence-corrected chi connectivity index (χ4v) is 1.86. The van der Waals surface area contributed by atoms with Crippen LogP contribution in [0.1, 0.15) is 15.9 Å². The number of aromatic nitrogens is 1. The van der Waals surface area contributed by atoms with Crippen LogP contribution in [-0.4, -0.2) is 22.9 Å². The zero-order valence-corrected chi connectivity index (χ0v) is 11.7. The number of nitro benzene ring substituents is 1. The summed E-state index contributed by atoms with van der Waals surface area (Å²) in [5, 5.41) is 13.5. The zero-order valence-electron chi connectivity index (χ0n) is 11.7. The number of carbonyl (C=O) groups is 1. The van der Waals surface area contributed by atoms with Crippen LogP contribution in [0.5, 0.6) is 5.75 Å². The standard InChI is InChI=1S/C14H13N3O5/c1-22-12-3-2-10(7-11(12)17(20)21)14(19)16-8-9-4-5-15-13(18)6-9/h2-7H,8H2,1H3,(H,15,18)(H,16,19). The lowest BCUT2D eigenvalue weighted by atomic mass is 10.1. The van der Waals surface area contributed by atoms with Crippen molar-refractivity contribution in [1.82, 2.24) is 10.3 Å². The fraction of sp³-hybridized carbons (Fsp3) is 0.143. The molecule has 0 aliphatic rings.